The van der Waals surface area contributed by atoms with Crippen molar-refractivity contribution in [3.8, 4) is 11.3 Å². The maximum absolute atomic E-state index is 14.0. The summed E-state index contributed by atoms with van der Waals surface area (Å²) in [5, 5.41) is 15.7. The van der Waals surface area contributed by atoms with E-state index in [1.165, 1.54) is 6.92 Å². The molecular weight excluding hydrogens is 533 g/mol. The molecule has 5 heterocycles. The van der Waals surface area contributed by atoms with Crippen molar-refractivity contribution < 1.29 is 26.7 Å². The van der Waals surface area contributed by atoms with Crippen LogP contribution in [0, 0.1) is 5.92 Å². The lowest BCUT2D eigenvalue weighted by Crippen LogP contribution is -2.49. The minimum atomic E-state index is -4.69. The zero-order chi connectivity index (χ0) is 28.3. The summed E-state index contributed by atoms with van der Waals surface area (Å²) in [6.07, 6.45) is -2.81. The molecule has 2 aliphatic rings. The number of fused-ring (bicyclic) bond motifs is 1. The highest BCUT2D eigenvalue weighted by molar-refractivity contribution is 5.94. The summed E-state index contributed by atoms with van der Waals surface area (Å²) >= 11 is 0. The predicted molar refractivity (Wildman–Crippen MR) is 136 cm³/mol. The molecule has 0 saturated carbocycles. The molecule has 4 aromatic rings. The molecule has 0 bridgehead atoms. The van der Waals surface area contributed by atoms with Crippen molar-refractivity contribution in [1.29, 1.82) is 0 Å². The van der Waals surface area contributed by atoms with Gasteiger partial charge in [0.2, 0.25) is 0 Å². The first-order chi connectivity index (χ1) is 19.0. The fourth-order valence-corrected chi connectivity index (χ4v) is 5.57. The molecule has 1 N–H and O–H groups in total. The standard InChI is InChI=1S/C27H28F5N7O/c1-16-11-39(7-6-26(16,28)29)12-20-24-19(9-21(34-20)27(30,31)32)23(36-37-24)17-4-3-5-18(8-17)25(13-40-14-25)10-22-35-33-15-38(22)2/h3-5,8-9,15-16H,6-7,10-14H2,1-2H3,(H,36,37)/t16-/m0/s1. The Morgan fingerprint density at radius 2 is 1.98 bits per heavy atom. The SMILES string of the molecule is C[C@H]1CN(Cc2nc(C(F)(F)F)cc3c(-c4cccc(C5(Cc6nncn6C)COC5)c4)n[nH]c23)CCC1(F)F. The van der Waals surface area contributed by atoms with Crippen LogP contribution in [0.3, 0.4) is 0 Å². The van der Waals surface area contributed by atoms with Gasteiger partial charge in [-0.3, -0.25) is 10.00 Å². The van der Waals surface area contributed by atoms with E-state index in [-0.39, 0.29) is 42.6 Å². The highest BCUT2D eigenvalue weighted by Crippen LogP contribution is 2.40. The van der Waals surface area contributed by atoms with Gasteiger partial charge in [0, 0.05) is 61.8 Å². The van der Waals surface area contributed by atoms with E-state index in [0.29, 0.717) is 36.4 Å². The van der Waals surface area contributed by atoms with E-state index in [1.807, 2.05) is 29.8 Å². The number of hydrogen-bond acceptors (Lipinski definition) is 6. The fraction of sp³-hybridized carbons (Fsp3) is 0.481. The van der Waals surface area contributed by atoms with Crippen LogP contribution in [0.1, 0.15) is 36.1 Å². The van der Waals surface area contributed by atoms with E-state index in [2.05, 4.69) is 25.4 Å². The van der Waals surface area contributed by atoms with Gasteiger partial charge in [0.05, 0.1) is 24.4 Å². The maximum atomic E-state index is 14.0. The van der Waals surface area contributed by atoms with Crippen molar-refractivity contribution >= 4 is 10.9 Å². The number of alkyl halides is 5. The van der Waals surface area contributed by atoms with Crippen LogP contribution in [0.4, 0.5) is 22.0 Å². The molecule has 6 rings (SSSR count). The van der Waals surface area contributed by atoms with Gasteiger partial charge in [0.15, 0.2) is 0 Å². The monoisotopic (exact) mass is 561 g/mol. The van der Waals surface area contributed by atoms with Crippen LogP contribution in [-0.2, 0) is 36.3 Å². The fourth-order valence-electron chi connectivity index (χ4n) is 5.57. The summed E-state index contributed by atoms with van der Waals surface area (Å²) in [6.45, 7) is 2.53. The van der Waals surface area contributed by atoms with E-state index in [1.54, 1.807) is 17.3 Å². The van der Waals surface area contributed by atoms with Crippen LogP contribution in [0.2, 0.25) is 0 Å². The first-order valence-electron chi connectivity index (χ1n) is 13.0. The molecule has 0 spiro atoms. The number of ether oxygens (including phenoxy) is 1. The number of piperidine rings is 1. The number of pyridine rings is 1. The summed E-state index contributed by atoms with van der Waals surface area (Å²) in [6, 6.07) is 8.55. The van der Waals surface area contributed by atoms with Gasteiger partial charge in [-0.1, -0.05) is 25.1 Å². The molecule has 2 aliphatic heterocycles. The lowest BCUT2D eigenvalue weighted by Gasteiger charge is -2.41. The van der Waals surface area contributed by atoms with Gasteiger partial charge in [-0.2, -0.15) is 18.3 Å². The minimum absolute atomic E-state index is 0.000658. The van der Waals surface area contributed by atoms with Crippen molar-refractivity contribution in [1.82, 2.24) is 34.8 Å². The van der Waals surface area contributed by atoms with Gasteiger partial charge in [-0.05, 0) is 17.7 Å². The molecule has 0 unspecified atom stereocenters. The number of benzene rings is 1. The van der Waals surface area contributed by atoms with Gasteiger partial charge in [0.1, 0.15) is 23.5 Å². The number of aromatic nitrogens is 6. The summed E-state index contributed by atoms with van der Waals surface area (Å²) in [7, 11) is 1.87. The van der Waals surface area contributed by atoms with E-state index in [9.17, 15) is 22.0 Å². The average Bonchev–Trinajstić information content (AvgIpc) is 3.49. The van der Waals surface area contributed by atoms with Gasteiger partial charge in [-0.15, -0.1) is 10.2 Å². The molecule has 13 heteroatoms. The van der Waals surface area contributed by atoms with E-state index < -0.39 is 23.7 Å². The Kier molecular flexibility index (Phi) is 6.41. The number of aryl methyl sites for hydroxylation is 1. The van der Waals surface area contributed by atoms with Crippen LogP contribution in [0.25, 0.3) is 22.2 Å². The van der Waals surface area contributed by atoms with E-state index in [0.717, 1.165) is 17.5 Å². The third-order valence-electron chi connectivity index (χ3n) is 8.11. The third-order valence-corrected chi connectivity index (χ3v) is 8.11. The van der Waals surface area contributed by atoms with Crippen LogP contribution in [-0.4, -0.2) is 67.1 Å². The quantitative estimate of drug-likeness (QED) is 0.342. The predicted octanol–water partition coefficient (Wildman–Crippen LogP) is 4.76. The summed E-state index contributed by atoms with van der Waals surface area (Å²) < 4.78 is 77.3. The topological polar surface area (TPSA) is 84.8 Å². The maximum Gasteiger partial charge on any atom is 0.433 e. The number of aromatic amines is 1. The second-order valence-electron chi connectivity index (χ2n) is 11.0. The number of rotatable bonds is 6. The molecule has 0 aliphatic carbocycles. The number of nitrogens with one attached hydrogen (secondary N) is 1. The van der Waals surface area contributed by atoms with Crippen LogP contribution in [0.5, 0.6) is 0 Å². The molecule has 8 nitrogen and oxygen atoms in total. The number of likely N-dealkylation sites (tertiary alicyclic amines) is 1. The van der Waals surface area contributed by atoms with Gasteiger partial charge < -0.3 is 9.30 Å². The lowest BCUT2D eigenvalue weighted by molar-refractivity contribution is -0.141. The molecular formula is C27H28F5N7O. The van der Waals surface area contributed by atoms with Gasteiger partial charge >= 0.3 is 6.18 Å². The summed E-state index contributed by atoms with van der Waals surface area (Å²) in [5.74, 6) is -2.91. The molecule has 1 aromatic carbocycles. The molecule has 40 heavy (non-hydrogen) atoms. The summed E-state index contributed by atoms with van der Waals surface area (Å²) in [5.41, 5.74) is 1.06. The van der Waals surface area contributed by atoms with Crippen molar-refractivity contribution in [2.75, 3.05) is 26.3 Å². The minimum Gasteiger partial charge on any atom is -0.379 e. The van der Waals surface area contributed by atoms with Gasteiger partial charge in [0.25, 0.3) is 5.92 Å². The molecule has 2 fully saturated rings. The van der Waals surface area contributed by atoms with E-state index >= 15 is 0 Å². The van der Waals surface area contributed by atoms with Gasteiger partial charge in [-0.25, -0.2) is 13.8 Å². The Hall–Kier alpha value is -3.45. The number of H-pyrrole nitrogens is 1. The summed E-state index contributed by atoms with van der Waals surface area (Å²) in [4.78, 5) is 5.63. The Labute approximate surface area is 226 Å². The Morgan fingerprint density at radius 3 is 2.62 bits per heavy atom. The third kappa shape index (κ3) is 4.74. The largest absolute Gasteiger partial charge is 0.433 e. The van der Waals surface area contributed by atoms with Crippen molar-refractivity contribution in [2.24, 2.45) is 13.0 Å². The normalized spacial score (nSPS) is 21.0. The molecule has 3 aromatic heterocycles. The number of nitrogens with zero attached hydrogens (tertiary/aromatic N) is 6. The molecule has 1 atom stereocenters. The van der Waals surface area contributed by atoms with Crippen molar-refractivity contribution in [3.63, 3.8) is 0 Å². The molecule has 212 valence electrons. The second kappa shape index (κ2) is 9.58. The molecule has 2 saturated heterocycles. The van der Waals surface area contributed by atoms with Crippen LogP contribution in [0.15, 0.2) is 36.7 Å². The smallest absolute Gasteiger partial charge is 0.379 e. The Bertz CT molecular complexity index is 1540. The zero-order valence-corrected chi connectivity index (χ0v) is 22.0. The molecule has 0 amide bonds. The highest BCUT2D eigenvalue weighted by atomic mass is 19.4. The average molecular weight is 562 g/mol. The Balaban J connectivity index is 1.38. The van der Waals surface area contributed by atoms with Crippen molar-refractivity contribution in [2.45, 2.75) is 43.8 Å². The first kappa shape index (κ1) is 26.8. The zero-order valence-electron chi connectivity index (χ0n) is 22.0. The second-order valence-corrected chi connectivity index (χ2v) is 11.0. The van der Waals surface area contributed by atoms with Crippen LogP contribution >= 0.6 is 0 Å². The highest BCUT2D eigenvalue weighted by Gasteiger charge is 2.43. The molecule has 0 radical (unpaired) electrons. The Morgan fingerprint density at radius 1 is 1.18 bits per heavy atom. The lowest BCUT2D eigenvalue weighted by atomic mass is 9.75. The van der Waals surface area contributed by atoms with Crippen LogP contribution < -0.4 is 0 Å². The first-order valence-corrected chi connectivity index (χ1v) is 13.0. The number of hydrogen-bond donors (Lipinski definition) is 1. The van der Waals surface area contributed by atoms with Crippen molar-refractivity contribution in [3.05, 3.63) is 59.4 Å². The number of halogens is 5. The van der Waals surface area contributed by atoms with E-state index in [4.69, 9.17) is 4.74 Å².